The van der Waals surface area contributed by atoms with E-state index in [0.29, 0.717) is 25.7 Å². The molecule has 2 rings (SSSR count). The van der Waals surface area contributed by atoms with Crippen molar-refractivity contribution in [2.24, 2.45) is 0 Å². The molecule has 2 aromatic rings. The number of carbonyl (C=O) groups is 4. The topological polar surface area (TPSA) is 151 Å². The van der Waals surface area contributed by atoms with Gasteiger partial charge >= 0.3 is 23.8 Å². The molecule has 0 aliphatic carbocycles. The zero-order valence-corrected chi connectivity index (χ0v) is 37.5. The van der Waals surface area contributed by atoms with Gasteiger partial charge in [0.25, 0.3) is 0 Å². The minimum Gasteiger partial charge on any atom is -0.507 e. The third kappa shape index (κ3) is 18.2. The Labute approximate surface area is 349 Å². The Hall–Kier alpha value is -4.08. The second-order valence-corrected chi connectivity index (χ2v) is 18.2. The van der Waals surface area contributed by atoms with Gasteiger partial charge in [0.05, 0.1) is 13.1 Å². The molecule has 2 unspecified atom stereocenters. The lowest BCUT2D eigenvalue weighted by molar-refractivity contribution is -0.151. The average Bonchev–Trinajstić information content (AvgIpc) is 3.15. The maximum absolute atomic E-state index is 13.1. The highest BCUT2D eigenvalue weighted by molar-refractivity contribution is 6.35. The Morgan fingerprint density at radius 2 is 0.914 bits per heavy atom. The number of unbranched alkanes of at least 4 members (excludes halogenated alkanes) is 8. The number of phenolic OH excluding ortho intramolecular Hbond substituents is 2. The van der Waals surface area contributed by atoms with E-state index in [1.165, 1.54) is 0 Å². The van der Waals surface area contributed by atoms with E-state index in [1.807, 2.05) is 79.7 Å². The number of ether oxygens (including phenoxy) is 2. The first-order valence-electron chi connectivity index (χ1n) is 21.9. The van der Waals surface area contributed by atoms with Crippen molar-refractivity contribution < 1.29 is 38.9 Å². The van der Waals surface area contributed by atoms with Gasteiger partial charge in [0.2, 0.25) is 0 Å². The standard InChI is InChI=1S/C48H76N2O8/c1-11-13-15-17-19-21-37(57-41(51)25-23-35-27-33(3)43(53)39(29-35)47(5,6)7)31-49-45(55)46(56)50-32-38(22-20-18-16-14-12-2)58-42(52)26-24-36-28-34(4)44(54)40(30-36)48(8,9)10/h27-30,37-38,53-54H,11-26,31-32H2,1-10H3,(H,49,55)(H,50,56). The monoisotopic (exact) mass is 809 g/mol. The second kappa shape index (κ2) is 24.8. The third-order valence-electron chi connectivity index (χ3n) is 10.6. The Morgan fingerprint density at radius 1 is 0.569 bits per heavy atom. The van der Waals surface area contributed by atoms with E-state index < -0.39 is 24.0 Å². The van der Waals surface area contributed by atoms with Gasteiger partial charge in [-0.05, 0) is 96.6 Å². The lowest BCUT2D eigenvalue weighted by Gasteiger charge is -2.23. The molecule has 0 bridgehead atoms. The van der Waals surface area contributed by atoms with Crippen LogP contribution in [0.3, 0.4) is 0 Å². The van der Waals surface area contributed by atoms with Crippen LogP contribution in [0.5, 0.6) is 11.5 Å². The van der Waals surface area contributed by atoms with Crippen LogP contribution in [0, 0.1) is 13.8 Å². The van der Waals surface area contributed by atoms with Crippen molar-refractivity contribution in [3.63, 3.8) is 0 Å². The molecule has 2 aromatic carbocycles. The van der Waals surface area contributed by atoms with Gasteiger partial charge in [-0.15, -0.1) is 0 Å². The van der Waals surface area contributed by atoms with Gasteiger partial charge in [-0.3, -0.25) is 19.2 Å². The Balaban J connectivity index is 2.01. The van der Waals surface area contributed by atoms with Gasteiger partial charge in [-0.25, -0.2) is 0 Å². The predicted octanol–water partition coefficient (Wildman–Crippen LogP) is 9.65. The summed E-state index contributed by atoms with van der Waals surface area (Å²) in [5.74, 6) is -1.92. The van der Waals surface area contributed by atoms with Crippen molar-refractivity contribution in [1.82, 2.24) is 10.6 Å². The van der Waals surface area contributed by atoms with Crippen LogP contribution in [0.4, 0.5) is 0 Å². The number of esters is 2. The first-order valence-corrected chi connectivity index (χ1v) is 21.9. The molecule has 0 heterocycles. The SMILES string of the molecule is CCCCCCCC(CNC(=O)C(=O)NCC(CCCCCCC)OC(=O)CCc1cc(C)c(O)c(C(C)(C)C)c1)OC(=O)CCc1cc(C)c(O)c(C(C)(C)C)c1. The van der Waals surface area contributed by atoms with E-state index in [2.05, 4.69) is 24.5 Å². The number of aryl methyl sites for hydroxylation is 4. The zero-order chi connectivity index (χ0) is 43.5. The highest BCUT2D eigenvalue weighted by Crippen LogP contribution is 2.35. The number of benzene rings is 2. The van der Waals surface area contributed by atoms with E-state index in [-0.39, 0.29) is 60.2 Å². The summed E-state index contributed by atoms with van der Waals surface area (Å²) in [5, 5.41) is 26.5. The molecule has 0 radical (unpaired) electrons. The van der Waals surface area contributed by atoms with Crippen molar-refractivity contribution in [3.8, 4) is 11.5 Å². The molecule has 0 aromatic heterocycles. The van der Waals surface area contributed by atoms with Gasteiger partial charge in [0.1, 0.15) is 23.7 Å². The predicted molar refractivity (Wildman–Crippen MR) is 232 cm³/mol. The van der Waals surface area contributed by atoms with Crippen molar-refractivity contribution in [1.29, 1.82) is 0 Å². The van der Waals surface area contributed by atoms with Crippen LogP contribution >= 0.6 is 0 Å². The molecule has 0 saturated carbocycles. The number of hydrogen-bond acceptors (Lipinski definition) is 8. The maximum atomic E-state index is 13.1. The minimum absolute atomic E-state index is 0.00175. The summed E-state index contributed by atoms with van der Waals surface area (Å²) in [6.07, 6.45) is 11.3. The molecule has 2 amide bonds. The molecular weight excluding hydrogens is 733 g/mol. The summed E-state index contributed by atoms with van der Waals surface area (Å²) in [4.78, 5) is 52.2. The number of amides is 2. The van der Waals surface area contributed by atoms with Crippen LogP contribution in [-0.2, 0) is 52.3 Å². The lowest BCUT2D eigenvalue weighted by atomic mass is 9.83. The number of aromatic hydroxyl groups is 2. The van der Waals surface area contributed by atoms with Crippen LogP contribution in [0.15, 0.2) is 24.3 Å². The quantitative estimate of drug-likeness (QED) is 0.0465. The summed E-state index contributed by atoms with van der Waals surface area (Å²) in [6, 6.07) is 7.67. The molecule has 0 aliphatic rings. The van der Waals surface area contributed by atoms with Crippen molar-refractivity contribution in [3.05, 3.63) is 57.6 Å². The Bertz CT molecular complexity index is 1500. The number of carbonyl (C=O) groups excluding carboxylic acids is 4. The molecule has 10 heteroatoms. The minimum atomic E-state index is -0.841. The van der Waals surface area contributed by atoms with Crippen LogP contribution in [-0.4, -0.2) is 59.3 Å². The maximum Gasteiger partial charge on any atom is 0.309 e. The van der Waals surface area contributed by atoms with Crippen LogP contribution in [0.25, 0.3) is 0 Å². The first-order chi connectivity index (χ1) is 27.3. The smallest absolute Gasteiger partial charge is 0.309 e. The molecular formula is C48H76N2O8. The summed E-state index contributed by atoms with van der Waals surface area (Å²) in [6.45, 7) is 20.2. The Kier molecular flexibility index (Phi) is 21.4. The Morgan fingerprint density at radius 3 is 1.24 bits per heavy atom. The van der Waals surface area contributed by atoms with Gasteiger partial charge < -0.3 is 30.3 Å². The summed E-state index contributed by atoms with van der Waals surface area (Å²) in [5.41, 5.74) is 4.52. The molecule has 0 aliphatic heterocycles. The summed E-state index contributed by atoms with van der Waals surface area (Å²) < 4.78 is 11.7. The number of rotatable bonds is 24. The molecule has 0 fully saturated rings. The number of hydrogen-bond donors (Lipinski definition) is 4. The lowest BCUT2D eigenvalue weighted by Crippen LogP contribution is -2.45. The highest BCUT2D eigenvalue weighted by Gasteiger charge is 2.24. The van der Waals surface area contributed by atoms with E-state index in [0.717, 1.165) is 97.6 Å². The largest absolute Gasteiger partial charge is 0.507 e. The number of phenols is 2. The molecule has 10 nitrogen and oxygen atoms in total. The van der Waals surface area contributed by atoms with Crippen LogP contribution in [0.2, 0.25) is 0 Å². The van der Waals surface area contributed by atoms with Crippen LogP contribution in [0.1, 0.15) is 179 Å². The fourth-order valence-electron chi connectivity index (χ4n) is 7.05. The fraction of sp³-hybridized carbons (Fsp3) is 0.667. The molecule has 326 valence electrons. The molecule has 0 spiro atoms. The normalized spacial score (nSPS) is 12.8. The third-order valence-corrected chi connectivity index (χ3v) is 10.6. The number of nitrogens with one attached hydrogen (secondary N) is 2. The van der Waals surface area contributed by atoms with Crippen molar-refractivity contribution >= 4 is 23.8 Å². The first kappa shape index (κ1) is 50.1. The zero-order valence-electron chi connectivity index (χ0n) is 37.5. The van der Waals surface area contributed by atoms with Crippen LogP contribution < -0.4 is 10.6 Å². The second-order valence-electron chi connectivity index (χ2n) is 18.2. The van der Waals surface area contributed by atoms with Gasteiger partial charge in [-0.2, -0.15) is 0 Å². The van der Waals surface area contributed by atoms with E-state index >= 15 is 0 Å². The van der Waals surface area contributed by atoms with Crippen molar-refractivity contribution in [2.75, 3.05) is 13.1 Å². The highest BCUT2D eigenvalue weighted by atomic mass is 16.5. The average molecular weight is 809 g/mol. The summed E-state index contributed by atoms with van der Waals surface area (Å²) >= 11 is 0. The van der Waals surface area contributed by atoms with Gasteiger partial charge in [-0.1, -0.05) is 131 Å². The molecule has 58 heavy (non-hydrogen) atoms. The van der Waals surface area contributed by atoms with E-state index in [9.17, 15) is 29.4 Å². The molecule has 0 saturated heterocycles. The van der Waals surface area contributed by atoms with Gasteiger partial charge in [0.15, 0.2) is 0 Å². The fourth-order valence-corrected chi connectivity index (χ4v) is 7.05. The molecule has 4 N–H and O–H groups in total. The summed E-state index contributed by atoms with van der Waals surface area (Å²) in [7, 11) is 0. The van der Waals surface area contributed by atoms with E-state index in [4.69, 9.17) is 9.47 Å². The van der Waals surface area contributed by atoms with Gasteiger partial charge in [0, 0.05) is 12.8 Å². The molecule has 2 atom stereocenters. The van der Waals surface area contributed by atoms with E-state index in [1.54, 1.807) is 0 Å². The van der Waals surface area contributed by atoms with Crippen molar-refractivity contribution in [2.45, 2.75) is 195 Å².